The zero-order chi connectivity index (χ0) is 73.1. The number of hydrogen-bond donors (Lipinski definition) is 0. The van der Waals surface area contributed by atoms with Crippen LogP contribution in [0.25, 0.3) is 164 Å². The fourth-order valence-electron chi connectivity index (χ4n) is 13.8. The molecule has 1 aliphatic rings. The monoisotopic (exact) mass is 1460 g/mol. The van der Waals surface area contributed by atoms with Crippen molar-refractivity contribution in [2.24, 2.45) is 0 Å². The molecule has 18 aromatic rings. The molecule has 0 saturated carbocycles. The van der Waals surface area contributed by atoms with E-state index in [-0.39, 0.29) is 12.7 Å². The van der Waals surface area contributed by atoms with Gasteiger partial charge in [0.15, 0.2) is 29.1 Å². The van der Waals surface area contributed by atoms with Gasteiger partial charge < -0.3 is 9.31 Å². The standard InChI is InChI=1S/C45H29N3S.C36H31BO2S.C15H10ClN3.CH4/c1-4-13-30(14-5-1)31-23-25-32(26-24-31)35-27-36(38-20-12-21-40-39-19-10-11-22-41(39)49-42(38)40)29-37(28-35)45-47-43(33-15-6-2-7-16-33)46-44(48-45)34-17-8-3-9-18-34;1-35(2)36(3,4)39-37(38-35)29-22-27(26-19-17-25(18-20-26)24-11-6-5-7-12-24)21-28(23-29)30-14-10-15-32-31-13-8-9-16-33(31)40-34(30)32;16-15-18-13(11-7-3-1-4-8-11)17-14(19-15)12-9-5-2-6-10-12;/h1-29H;5-23H,1-4H3;1-10H;1H4. The molecule has 1 aliphatic heterocycles. The molecule has 526 valence electrons. The van der Waals surface area contributed by atoms with Crippen LogP contribution in [0.5, 0.6) is 0 Å². The van der Waals surface area contributed by atoms with Crippen LogP contribution in [-0.4, -0.2) is 48.2 Å². The first-order valence-corrected chi connectivity index (χ1v) is 38.1. The zero-order valence-corrected chi connectivity index (χ0v) is 62.1. The molecule has 1 saturated heterocycles. The molecule has 12 heteroatoms. The maximum atomic E-state index is 6.52. The van der Waals surface area contributed by atoms with Crippen molar-refractivity contribution in [1.82, 2.24) is 29.9 Å². The molecule has 0 aliphatic carbocycles. The van der Waals surface area contributed by atoms with Crippen molar-refractivity contribution < 1.29 is 9.31 Å². The van der Waals surface area contributed by atoms with Crippen LogP contribution in [-0.2, 0) is 9.31 Å². The summed E-state index contributed by atoms with van der Waals surface area (Å²) in [6, 6.07) is 123. The zero-order valence-electron chi connectivity index (χ0n) is 59.8. The minimum absolute atomic E-state index is 0. The van der Waals surface area contributed by atoms with Gasteiger partial charge >= 0.3 is 7.12 Å². The lowest BCUT2D eigenvalue weighted by molar-refractivity contribution is 0.00578. The predicted molar refractivity (Wildman–Crippen MR) is 459 cm³/mol. The smallest absolute Gasteiger partial charge is 0.399 e. The molecule has 0 bridgehead atoms. The number of nitrogens with zero attached hydrogens (tertiary/aromatic N) is 6. The summed E-state index contributed by atoms with van der Waals surface area (Å²) in [7, 11) is -0.436. The topological polar surface area (TPSA) is 95.8 Å². The van der Waals surface area contributed by atoms with Gasteiger partial charge in [-0.25, -0.2) is 19.9 Å². The Balaban J connectivity index is 0.000000135. The Morgan fingerprint density at radius 2 is 0.523 bits per heavy atom. The minimum atomic E-state index is -0.436. The highest BCUT2D eigenvalue weighted by Crippen LogP contribution is 2.45. The second-order valence-corrected chi connectivity index (χ2v) is 30.1. The molecular weight excluding hydrogens is 1390 g/mol. The molecular formula is C97H74BClN6O2S2. The second-order valence-electron chi connectivity index (χ2n) is 27.7. The Morgan fingerprint density at radius 3 is 0.908 bits per heavy atom. The fraction of sp³-hybridized carbons (Fsp3) is 0.0722. The van der Waals surface area contributed by atoms with Crippen molar-refractivity contribution in [3.8, 4) is 124 Å². The van der Waals surface area contributed by atoms with Crippen molar-refractivity contribution in [2.75, 3.05) is 0 Å². The van der Waals surface area contributed by atoms with E-state index in [1.807, 2.05) is 144 Å². The van der Waals surface area contributed by atoms with Crippen molar-refractivity contribution in [3.05, 3.63) is 357 Å². The van der Waals surface area contributed by atoms with E-state index >= 15 is 0 Å². The van der Waals surface area contributed by atoms with Crippen LogP contribution in [0.3, 0.4) is 0 Å². The van der Waals surface area contributed by atoms with E-state index in [0.29, 0.717) is 29.1 Å². The van der Waals surface area contributed by atoms with Gasteiger partial charge in [0.2, 0.25) is 5.28 Å². The van der Waals surface area contributed by atoms with Gasteiger partial charge in [-0.15, -0.1) is 22.7 Å². The molecule has 0 unspecified atom stereocenters. The van der Waals surface area contributed by atoms with Gasteiger partial charge in [-0.3, -0.25) is 0 Å². The highest BCUT2D eigenvalue weighted by molar-refractivity contribution is 7.26. The summed E-state index contributed by atoms with van der Waals surface area (Å²) in [5.74, 6) is 3.10. The summed E-state index contributed by atoms with van der Waals surface area (Å²) >= 11 is 9.69. The summed E-state index contributed by atoms with van der Waals surface area (Å²) in [6.07, 6.45) is 0. The third kappa shape index (κ3) is 15.0. The number of rotatable bonds is 12. The molecule has 5 heterocycles. The average Bonchev–Trinajstić information content (AvgIpc) is 1.64. The third-order valence-electron chi connectivity index (χ3n) is 20.1. The van der Waals surface area contributed by atoms with E-state index in [4.69, 9.17) is 35.9 Å². The summed E-state index contributed by atoms with van der Waals surface area (Å²) in [5.41, 5.74) is 19.0. The lowest BCUT2D eigenvalue weighted by atomic mass is 9.76. The van der Waals surface area contributed by atoms with Crippen molar-refractivity contribution in [2.45, 2.75) is 46.3 Å². The van der Waals surface area contributed by atoms with Crippen LogP contribution in [0.15, 0.2) is 352 Å². The largest absolute Gasteiger partial charge is 0.494 e. The van der Waals surface area contributed by atoms with Gasteiger partial charge in [0.05, 0.1) is 11.2 Å². The molecule has 1 fully saturated rings. The van der Waals surface area contributed by atoms with Crippen LogP contribution in [0.4, 0.5) is 0 Å². The number of halogens is 1. The lowest BCUT2D eigenvalue weighted by Crippen LogP contribution is -2.41. The summed E-state index contributed by atoms with van der Waals surface area (Å²) in [5, 5.41) is 5.37. The summed E-state index contributed by atoms with van der Waals surface area (Å²) < 4.78 is 18.2. The van der Waals surface area contributed by atoms with Gasteiger partial charge in [0, 0.05) is 68.2 Å². The Kier molecular flexibility index (Phi) is 20.2. The fourth-order valence-corrected chi connectivity index (χ4v) is 16.4. The second kappa shape index (κ2) is 31.0. The van der Waals surface area contributed by atoms with Gasteiger partial charge in [-0.2, -0.15) is 9.97 Å². The molecule has 0 N–H and O–H groups in total. The molecule has 8 nitrogen and oxygen atoms in total. The van der Waals surface area contributed by atoms with E-state index in [0.717, 1.165) is 55.5 Å². The molecule has 0 radical (unpaired) electrons. The van der Waals surface area contributed by atoms with Gasteiger partial charge in [-0.1, -0.05) is 323 Å². The van der Waals surface area contributed by atoms with E-state index in [9.17, 15) is 0 Å². The molecule has 109 heavy (non-hydrogen) atoms. The van der Waals surface area contributed by atoms with Crippen molar-refractivity contribution >= 4 is 87.2 Å². The van der Waals surface area contributed by atoms with Crippen molar-refractivity contribution in [1.29, 1.82) is 0 Å². The van der Waals surface area contributed by atoms with Gasteiger partial charge in [-0.05, 0) is 148 Å². The minimum Gasteiger partial charge on any atom is -0.399 e. The van der Waals surface area contributed by atoms with Crippen LogP contribution in [0.2, 0.25) is 5.28 Å². The third-order valence-corrected chi connectivity index (χ3v) is 22.7. The van der Waals surface area contributed by atoms with Crippen LogP contribution >= 0.6 is 34.3 Å². The van der Waals surface area contributed by atoms with E-state index in [2.05, 4.69) is 273 Å². The Bertz CT molecular complexity index is 6120. The number of benzene rings is 14. The SMILES string of the molecule is C.CC1(C)OB(c2cc(-c3ccc(-c4ccccc4)cc3)cc(-c3cccc4c3sc3ccccc34)c2)OC1(C)C.Clc1nc(-c2ccccc2)nc(-c2ccccc2)n1.c1ccc(-c2ccc(-c3cc(-c4nc(-c5ccccc5)nc(-c5ccccc5)n4)cc(-c4cccc5c4sc4ccccc45)c3)cc2)cc1. The average molecular weight is 1470 g/mol. The molecule has 0 atom stereocenters. The summed E-state index contributed by atoms with van der Waals surface area (Å²) in [6.45, 7) is 8.44. The number of fused-ring (bicyclic) bond motifs is 6. The Morgan fingerprint density at radius 1 is 0.257 bits per heavy atom. The molecule has 0 spiro atoms. The normalized spacial score (nSPS) is 12.8. The first-order chi connectivity index (χ1) is 52.9. The quantitative estimate of drug-likeness (QED) is 0.112. The number of aromatic nitrogens is 6. The van der Waals surface area contributed by atoms with Crippen molar-refractivity contribution in [3.63, 3.8) is 0 Å². The van der Waals surface area contributed by atoms with Crippen LogP contribution in [0, 0.1) is 0 Å². The molecule has 0 amide bonds. The van der Waals surface area contributed by atoms with Gasteiger partial charge in [0.25, 0.3) is 0 Å². The van der Waals surface area contributed by atoms with E-state index < -0.39 is 18.3 Å². The number of thiophene rings is 2. The molecule has 4 aromatic heterocycles. The maximum absolute atomic E-state index is 6.52. The Labute approximate surface area is 648 Å². The van der Waals surface area contributed by atoms with Gasteiger partial charge in [0.1, 0.15) is 0 Å². The van der Waals surface area contributed by atoms with E-state index in [1.165, 1.54) is 84.9 Å². The number of hydrogen-bond acceptors (Lipinski definition) is 10. The van der Waals surface area contributed by atoms with Crippen LogP contribution in [0.1, 0.15) is 35.1 Å². The Hall–Kier alpha value is -12.2. The highest BCUT2D eigenvalue weighted by atomic mass is 35.5. The predicted octanol–water partition coefficient (Wildman–Crippen LogP) is 26.1. The lowest BCUT2D eigenvalue weighted by Gasteiger charge is -2.32. The molecule has 14 aromatic carbocycles. The summed E-state index contributed by atoms with van der Waals surface area (Å²) in [4.78, 5) is 28.0. The highest BCUT2D eigenvalue weighted by Gasteiger charge is 2.52. The van der Waals surface area contributed by atoms with E-state index in [1.54, 1.807) is 0 Å². The van der Waals surface area contributed by atoms with Crippen LogP contribution < -0.4 is 5.46 Å². The first-order valence-electron chi connectivity index (χ1n) is 36.1. The first kappa shape index (κ1) is 71.1. The maximum Gasteiger partial charge on any atom is 0.494 e. The molecule has 19 rings (SSSR count).